The van der Waals surface area contributed by atoms with Crippen LogP contribution in [0.5, 0.6) is 5.75 Å². The molecule has 128 valence electrons. The average molecular weight is 358 g/mol. The number of hydrogen-bond donors (Lipinski definition) is 2. The molecule has 0 aliphatic heterocycles. The van der Waals surface area contributed by atoms with Crippen LogP contribution in [0.4, 0.5) is 0 Å². The van der Waals surface area contributed by atoms with Crippen molar-refractivity contribution in [2.75, 3.05) is 19.1 Å². The van der Waals surface area contributed by atoms with Crippen molar-refractivity contribution in [2.24, 2.45) is 0 Å². The Hall–Kier alpha value is -1.25. The van der Waals surface area contributed by atoms with Gasteiger partial charge in [-0.25, -0.2) is 8.42 Å². The van der Waals surface area contributed by atoms with E-state index in [9.17, 15) is 13.2 Å². The molecular weight excluding hydrogens is 336 g/mol. The topological polar surface area (TPSA) is 84.5 Å². The van der Waals surface area contributed by atoms with Gasteiger partial charge in [-0.1, -0.05) is 12.1 Å². The molecular formula is C15H22N2O4S2. The number of sulfonamides is 1. The highest BCUT2D eigenvalue weighted by Gasteiger charge is 2.31. The predicted octanol–water partition coefficient (Wildman–Crippen LogP) is 1.37. The summed E-state index contributed by atoms with van der Waals surface area (Å²) in [5.41, 5.74) is 0. The fourth-order valence-corrected chi connectivity index (χ4v) is 3.97. The molecule has 2 N–H and O–H groups in total. The van der Waals surface area contributed by atoms with Crippen molar-refractivity contribution in [2.45, 2.75) is 36.2 Å². The first-order chi connectivity index (χ1) is 11.0. The Labute approximate surface area is 141 Å². The maximum Gasteiger partial charge on any atom is 0.244 e. The van der Waals surface area contributed by atoms with Gasteiger partial charge in [0.05, 0.1) is 7.11 Å². The number of amides is 1. The van der Waals surface area contributed by atoms with Crippen molar-refractivity contribution in [1.82, 2.24) is 10.0 Å². The first kappa shape index (κ1) is 18.1. The van der Waals surface area contributed by atoms with E-state index in [2.05, 4.69) is 10.0 Å². The number of methoxy groups -OCH3 is 1. The van der Waals surface area contributed by atoms with Crippen LogP contribution < -0.4 is 14.8 Å². The van der Waals surface area contributed by atoms with E-state index in [1.165, 1.54) is 13.2 Å². The minimum absolute atomic E-state index is 0.0378. The zero-order valence-corrected chi connectivity index (χ0v) is 14.9. The summed E-state index contributed by atoms with van der Waals surface area (Å²) >= 11 is 1.57. The quantitative estimate of drug-likeness (QED) is 0.697. The average Bonchev–Trinajstić information content (AvgIpc) is 3.35. The van der Waals surface area contributed by atoms with Gasteiger partial charge in [0.1, 0.15) is 16.7 Å². The summed E-state index contributed by atoms with van der Waals surface area (Å²) in [4.78, 5) is 12.3. The smallest absolute Gasteiger partial charge is 0.244 e. The van der Waals surface area contributed by atoms with Gasteiger partial charge in [-0.15, -0.1) is 0 Å². The van der Waals surface area contributed by atoms with E-state index < -0.39 is 16.1 Å². The Bertz CT molecular complexity index is 645. The molecule has 1 aliphatic rings. The fourth-order valence-electron chi connectivity index (χ4n) is 2.10. The molecule has 1 amide bonds. The third kappa shape index (κ3) is 5.12. The van der Waals surface area contributed by atoms with Crippen molar-refractivity contribution in [3.8, 4) is 5.75 Å². The van der Waals surface area contributed by atoms with Gasteiger partial charge < -0.3 is 10.1 Å². The molecule has 6 nitrogen and oxygen atoms in total. The second-order valence-corrected chi connectivity index (χ2v) is 8.06. The van der Waals surface area contributed by atoms with E-state index in [1.807, 2.05) is 6.26 Å². The van der Waals surface area contributed by atoms with Gasteiger partial charge >= 0.3 is 0 Å². The first-order valence-electron chi connectivity index (χ1n) is 7.42. The van der Waals surface area contributed by atoms with Crippen molar-refractivity contribution in [1.29, 1.82) is 0 Å². The Balaban J connectivity index is 2.16. The van der Waals surface area contributed by atoms with Crippen molar-refractivity contribution >= 4 is 27.7 Å². The van der Waals surface area contributed by atoms with Crippen molar-refractivity contribution in [3.05, 3.63) is 24.3 Å². The molecule has 1 saturated carbocycles. The molecule has 0 saturated heterocycles. The summed E-state index contributed by atoms with van der Waals surface area (Å²) in [6.07, 6.45) is 4.28. The van der Waals surface area contributed by atoms with Crippen LogP contribution in [0.1, 0.15) is 19.3 Å². The van der Waals surface area contributed by atoms with Crippen LogP contribution in [0, 0.1) is 0 Å². The monoisotopic (exact) mass is 358 g/mol. The van der Waals surface area contributed by atoms with Crippen LogP contribution in [0.3, 0.4) is 0 Å². The second kappa shape index (κ2) is 8.03. The number of para-hydroxylation sites is 1. The van der Waals surface area contributed by atoms with E-state index in [0.717, 1.165) is 12.8 Å². The lowest BCUT2D eigenvalue weighted by Crippen LogP contribution is -2.47. The van der Waals surface area contributed by atoms with Gasteiger partial charge in [-0.05, 0) is 43.4 Å². The minimum Gasteiger partial charge on any atom is -0.495 e. The van der Waals surface area contributed by atoms with E-state index in [4.69, 9.17) is 4.74 Å². The fraction of sp³-hybridized carbons (Fsp3) is 0.533. The molecule has 8 heteroatoms. The van der Waals surface area contributed by atoms with Gasteiger partial charge in [0.2, 0.25) is 15.9 Å². The molecule has 2 rings (SSSR count). The largest absolute Gasteiger partial charge is 0.495 e. The molecule has 1 aliphatic carbocycles. The maximum absolute atomic E-state index is 12.6. The van der Waals surface area contributed by atoms with E-state index in [1.54, 1.807) is 30.0 Å². The summed E-state index contributed by atoms with van der Waals surface area (Å²) in [6, 6.07) is 5.77. The Morgan fingerprint density at radius 2 is 2.09 bits per heavy atom. The van der Waals surface area contributed by atoms with Crippen LogP contribution in [0.25, 0.3) is 0 Å². The molecule has 0 heterocycles. The summed E-state index contributed by atoms with van der Waals surface area (Å²) in [7, 11) is -2.42. The maximum atomic E-state index is 12.6. The Kier molecular flexibility index (Phi) is 6.32. The lowest BCUT2D eigenvalue weighted by Gasteiger charge is -2.19. The third-order valence-corrected chi connectivity index (χ3v) is 5.66. The predicted molar refractivity (Wildman–Crippen MR) is 91.3 cm³/mol. The highest BCUT2D eigenvalue weighted by Crippen LogP contribution is 2.23. The molecule has 0 unspecified atom stereocenters. The van der Waals surface area contributed by atoms with Crippen LogP contribution >= 0.6 is 11.8 Å². The standard InChI is InChI=1S/C15H22N2O4S2/c1-21-13-5-3-4-6-14(13)23(19,20)17-12(9-10-22-2)15(18)16-11-7-8-11/h3-6,11-12,17H,7-10H2,1-2H3,(H,16,18)/t12-/m0/s1. The zero-order valence-electron chi connectivity index (χ0n) is 13.2. The summed E-state index contributed by atoms with van der Waals surface area (Å²) < 4.78 is 32.9. The summed E-state index contributed by atoms with van der Waals surface area (Å²) in [5.74, 6) is 0.684. The van der Waals surface area contributed by atoms with Crippen molar-refractivity contribution in [3.63, 3.8) is 0 Å². The number of ether oxygens (including phenoxy) is 1. The van der Waals surface area contributed by atoms with Crippen LogP contribution in [0.2, 0.25) is 0 Å². The molecule has 1 aromatic rings. The molecule has 0 bridgehead atoms. The zero-order chi connectivity index (χ0) is 16.9. The number of carbonyl (C=O) groups is 1. The van der Waals surface area contributed by atoms with Crippen LogP contribution in [-0.4, -0.2) is 45.5 Å². The number of benzene rings is 1. The number of rotatable bonds is 9. The summed E-state index contributed by atoms with van der Waals surface area (Å²) in [6.45, 7) is 0. The van der Waals surface area contributed by atoms with E-state index in [0.29, 0.717) is 12.2 Å². The highest BCUT2D eigenvalue weighted by atomic mass is 32.2. The minimum atomic E-state index is -3.84. The molecule has 0 radical (unpaired) electrons. The lowest BCUT2D eigenvalue weighted by atomic mass is 10.2. The second-order valence-electron chi connectivity index (χ2n) is 5.39. The molecule has 1 aromatic carbocycles. The molecule has 0 spiro atoms. The van der Waals surface area contributed by atoms with Gasteiger partial charge in [0.25, 0.3) is 0 Å². The number of hydrogen-bond acceptors (Lipinski definition) is 5. The Morgan fingerprint density at radius 3 is 2.70 bits per heavy atom. The molecule has 0 aromatic heterocycles. The van der Waals surface area contributed by atoms with Gasteiger partial charge in [0, 0.05) is 6.04 Å². The van der Waals surface area contributed by atoms with Crippen LogP contribution in [-0.2, 0) is 14.8 Å². The molecule has 1 atom stereocenters. The number of nitrogens with one attached hydrogen (secondary N) is 2. The third-order valence-electron chi connectivity index (χ3n) is 3.51. The van der Waals surface area contributed by atoms with Gasteiger partial charge in [-0.3, -0.25) is 4.79 Å². The molecule has 1 fully saturated rings. The lowest BCUT2D eigenvalue weighted by molar-refractivity contribution is -0.122. The molecule has 23 heavy (non-hydrogen) atoms. The number of thioether (sulfide) groups is 1. The van der Waals surface area contributed by atoms with Crippen molar-refractivity contribution < 1.29 is 17.9 Å². The summed E-state index contributed by atoms with van der Waals surface area (Å²) in [5, 5.41) is 2.86. The normalized spacial score (nSPS) is 15.9. The first-order valence-corrected chi connectivity index (χ1v) is 10.3. The SMILES string of the molecule is COc1ccccc1S(=O)(=O)N[C@@H](CCSC)C(=O)NC1CC1. The van der Waals surface area contributed by atoms with Crippen LogP contribution in [0.15, 0.2) is 29.2 Å². The van der Waals surface area contributed by atoms with Gasteiger partial charge in [-0.2, -0.15) is 16.5 Å². The number of carbonyl (C=O) groups excluding carboxylic acids is 1. The van der Waals surface area contributed by atoms with E-state index >= 15 is 0 Å². The Morgan fingerprint density at radius 1 is 1.39 bits per heavy atom. The van der Waals surface area contributed by atoms with E-state index in [-0.39, 0.29) is 22.6 Å². The highest BCUT2D eigenvalue weighted by molar-refractivity contribution is 7.98. The van der Waals surface area contributed by atoms with Gasteiger partial charge in [0.15, 0.2) is 0 Å².